The molecule has 0 aliphatic carbocycles. The number of nitrogens with zero attached hydrogens (tertiary/aromatic N) is 1. The smallest absolute Gasteiger partial charge is 0.253 e. The van der Waals surface area contributed by atoms with Gasteiger partial charge in [0.15, 0.2) is 5.11 Å². The number of thiocarbonyl (C=S) groups is 1. The normalized spacial score (nSPS) is 17.2. The zero-order valence-electron chi connectivity index (χ0n) is 14.7. The Morgan fingerprint density at radius 3 is 2.54 bits per heavy atom. The first-order valence-electron chi connectivity index (χ1n) is 8.32. The van der Waals surface area contributed by atoms with Crippen LogP contribution in [-0.4, -0.2) is 35.6 Å². The lowest BCUT2D eigenvalue weighted by atomic mass is 9.93. The summed E-state index contributed by atoms with van der Waals surface area (Å²) in [5.41, 5.74) is 2.38. The SMILES string of the molecule is CCOc1ccccc1C1NC(=S)NC(C)=C1C(=O)N(CC)CC. The molecule has 1 unspecified atom stereocenters. The van der Waals surface area contributed by atoms with Gasteiger partial charge in [0.25, 0.3) is 5.91 Å². The fourth-order valence-electron chi connectivity index (χ4n) is 2.90. The van der Waals surface area contributed by atoms with E-state index in [4.69, 9.17) is 17.0 Å². The molecule has 6 heteroatoms. The number of benzene rings is 1. The van der Waals surface area contributed by atoms with E-state index in [2.05, 4.69) is 10.6 Å². The molecule has 5 nitrogen and oxygen atoms in total. The minimum absolute atomic E-state index is 0.0105. The summed E-state index contributed by atoms with van der Waals surface area (Å²) in [7, 11) is 0. The molecule has 2 N–H and O–H groups in total. The van der Waals surface area contributed by atoms with Crippen LogP contribution in [0.1, 0.15) is 39.3 Å². The molecule has 0 radical (unpaired) electrons. The van der Waals surface area contributed by atoms with Crippen molar-refractivity contribution >= 4 is 23.2 Å². The van der Waals surface area contributed by atoms with Crippen molar-refractivity contribution in [3.05, 3.63) is 41.1 Å². The van der Waals surface area contributed by atoms with Gasteiger partial charge >= 0.3 is 0 Å². The number of likely N-dealkylation sites (N-methyl/N-ethyl adjacent to an activating group) is 1. The predicted molar refractivity (Wildman–Crippen MR) is 99.8 cm³/mol. The van der Waals surface area contributed by atoms with Gasteiger partial charge in [-0.1, -0.05) is 18.2 Å². The number of hydrogen-bond acceptors (Lipinski definition) is 3. The number of allylic oxidation sites excluding steroid dienone is 1. The third-order valence-corrected chi connectivity index (χ3v) is 4.30. The molecular weight excluding hydrogens is 322 g/mol. The summed E-state index contributed by atoms with van der Waals surface area (Å²) < 4.78 is 5.75. The predicted octanol–water partition coefficient (Wildman–Crippen LogP) is 2.75. The molecular formula is C18H25N3O2S. The molecule has 0 aromatic heterocycles. The van der Waals surface area contributed by atoms with Crippen LogP contribution in [0.25, 0.3) is 0 Å². The van der Waals surface area contributed by atoms with Gasteiger partial charge < -0.3 is 20.3 Å². The lowest BCUT2D eigenvalue weighted by Crippen LogP contribution is -2.47. The zero-order valence-corrected chi connectivity index (χ0v) is 15.5. The van der Waals surface area contributed by atoms with Crippen LogP contribution in [0, 0.1) is 0 Å². The highest BCUT2D eigenvalue weighted by atomic mass is 32.1. The summed E-state index contributed by atoms with van der Waals surface area (Å²) in [5.74, 6) is 0.774. The Kier molecular flexibility index (Phi) is 6.20. The molecule has 1 aromatic rings. The second-order valence-corrected chi connectivity index (χ2v) is 5.93. The average Bonchev–Trinajstić information content (AvgIpc) is 2.56. The summed E-state index contributed by atoms with van der Waals surface area (Å²) in [6, 6.07) is 7.44. The minimum Gasteiger partial charge on any atom is -0.494 e. The molecule has 1 heterocycles. The zero-order chi connectivity index (χ0) is 17.7. The van der Waals surface area contributed by atoms with Gasteiger partial charge in [0.05, 0.1) is 18.2 Å². The van der Waals surface area contributed by atoms with Crippen molar-refractivity contribution in [3.63, 3.8) is 0 Å². The second-order valence-electron chi connectivity index (χ2n) is 5.52. The molecule has 2 rings (SSSR count). The molecule has 0 fully saturated rings. The van der Waals surface area contributed by atoms with Gasteiger partial charge in [0, 0.05) is 24.4 Å². The highest BCUT2D eigenvalue weighted by molar-refractivity contribution is 7.80. The first kappa shape index (κ1) is 18.3. The molecule has 0 spiro atoms. The summed E-state index contributed by atoms with van der Waals surface area (Å²) in [6.45, 7) is 9.69. The van der Waals surface area contributed by atoms with Crippen molar-refractivity contribution in [2.24, 2.45) is 0 Å². The van der Waals surface area contributed by atoms with Crippen LogP contribution in [0.15, 0.2) is 35.5 Å². The van der Waals surface area contributed by atoms with Crippen LogP contribution < -0.4 is 15.4 Å². The van der Waals surface area contributed by atoms with Crippen molar-refractivity contribution in [2.75, 3.05) is 19.7 Å². The fourth-order valence-corrected chi connectivity index (χ4v) is 3.17. The summed E-state index contributed by atoms with van der Waals surface area (Å²) >= 11 is 5.31. The summed E-state index contributed by atoms with van der Waals surface area (Å²) in [6.07, 6.45) is 0. The van der Waals surface area contributed by atoms with E-state index in [0.717, 1.165) is 17.0 Å². The van der Waals surface area contributed by atoms with E-state index in [-0.39, 0.29) is 11.9 Å². The maximum Gasteiger partial charge on any atom is 0.253 e. The fraction of sp³-hybridized carbons (Fsp3) is 0.444. The van der Waals surface area contributed by atoms with Crippen molar-refractivity contribution < 1.29 is 9.53 Å². The van der Waals surface area contributed by atoms with Gasteiger partial charge in [0.2, 0.25) is 0 Å². The van der Waals surface area contributed by atoms with Crippen molar-refractivity contribution in [1.29, 1.82) is 0 Å². The summed E-state index contributed by atoms with van der Waals surface area (Å²) in [4.78, 5) is 14.8. The van der Waals surface area contributed by atoms with Gasteiger partial charge in [-0.2, -0.15) is 0 Å². The third kappa shape index (κ3) is 3.70. The number of rotatable bonds is 6. The Morgan fingerprint density at radius 2 is 1.92 bits per heavy atom. The Hall–Kier alpha value is -2.08. The number of para-hydroxylation sites is 1. The van der Waals surface area contributed by atoms with Gasteiger partial charge in [0.1, 0.15) is 5.75 Å². The quantitative estimate of drug-likeness (QED) is 0.775. The molecule has 1 aliphatic rings. The van der Waals surface area contributed by atoms with Crippen LogP contribution in [0.2, 0.25) is 0 Å². The Morgan fingerprint density at radius 1 is 1.25 bits per heavy atom. The lowest BCUT2D eigenvalue weighted by molar-refractivity contribution is -0.127. The van der Waals surface area contributed by atoms with Gasteiger partial charge in [-0.25, -0.2) is 0 Å². The largest absolute Gasteiger partial charge is 0.494 e. The summed E-state index contributed by atoms with van der Waals surface area (Å²) in [5, 5.41) is 6.82. The third-order valence-electron chi connectivity index (χ3n) is 4.08. The monoisotopic (exact) mass is 347 g/mol. The molecule has 1 aromatic carbocycles. The standard InChI is InChI=1S/C18H25N3O2S/c1-5-21(6-2)17(22)15-12(4)19-18(24)20-16(15)13-10-8-9-11-14(13)23-7-3/h8-11,16H,5-7H2,1-4H3,(H2,19,20,24). The number of amides is 1. The molecule has 130 valence electrons. The van der Waals surface area contributed by atoms with E-state index in [1.807, 2.05) is 56.9 Å². The first-order chi connectivity index (χ1) is 11.5. The van der Waals surface area contributed by atoms with E-state index in [9.17, 15) is 4.79 Å². The van der Waals surface area contributed by atoms with Crippen LogP contribution in [0.3, 0.4) is 0 Å². The second kappa shape index (κ2) is 8.15. The minimum atomic E-state index is -0.324. The van der Waals surface area contributed by atoms with Crippen molar-refractivity contribution in [1.82, 2.24) is 15.5 Å². The first-order valence-corrected chi connectivity index (χ1v) is 8.73. The van der Waals surface area contributed by atoms with E-state index < -0.39 is 0 Å². The van der Waals surface area contributed by atoms with Crippen LogP contribution >= 0.6 is 12.2 Å². The molecule has 0 bridgehead atoms. The van der Waals surface area contributed by atoms with Gasteiger partial charge in [-0.15, -0.1) is 0 Å². The Labute approximate surface area is 149 Å². The number of ether oxygens (including phenoxy) is 1. The number of carbonyl (C=O) groups excluding carboxylic acids is 1. The van der Waals surface area contributed by atoms with Crippen LogP contribution in [0.5, 0.6) is 5.75 Å². The Bertz CT molecular complexity index is 653. The molecule has 0 saturated heterocycles. The maximum absolute atomic E-state index is 13.0. The van der Waals surface area contributed by atoms with E-state index in [1.54, 1.807) is 0 Å². The molecule has 1 aliphatic heterocycles. The Balaban J connectivity index is 2.51. The number of carbonyl (C=O) groups is 1. The molecule has 1 amide bonds. The number of hydrogen-bond donors (Lipinski definition) is 2. The van der Waals surface area contributed by atoms with E-state index >= 15 is 0 Å². The molecule has 1 atom stereocenters. The van der Waals surface area contributed by atoms with Crippen LogP contribution in [0.4, 0.5) is 0 Å². The number of nitrogens with one attached hydrogen (secondary N) is 2. The molecule has 24 heavy (non-hydrogen) atoms. The van der Waals surface area contributed by atoms with Crippen LogP contribution in [-0.2, 0) is 4.79 Å². The highest BCUT2D eigenvalue weighted by Crippen LogP contribution is 2.33. The highest BCUT2D eigenvalue weighted by Gasteiger charge is 2.33. The topological polar surface area (TPSA) is 53.6 Å². The lowest BCUT2D eigenvalue weighted by Gasteiger charge is -2.33. The maximum atomic E-state index is 13.0. The van der Waals surface area contributed by atoms with Crippen molar-refractivity contribution in [3.8, 4) is 5.75 Å². The van der Waals surface area contributed by atoms with E-state index in [1.165, 1.54) is 0 Å². The van der Waals surface area contributed by atoms with Gasteiger partial charge in [-0.05, 0) is 46.0 Å². The molecule has 0 saturated carbocycles. The van der Waals surface area contributed by atoms with Crippen molar-refractivity contribution in [2.45, 2.75) is 33.7 Å². The average molecular weight is 347 g/mol. The van der Waals surface area contributed by atoms with Gasteiger partial charge in [-0.3, -0.25) is 4.79 Å². The van der Waals surface area contributed by atoms with E-state index in [0.29, 0.717) is 30.4 Å².